The number of benzene rings is 1. The zero-order valence-electron chi connectivity index (χ0n) is 12.5. The van der Waals surface area contributed by atoms with Crippen LogP contribution in [0.2, 0.25) is 15.1 Å². The number of nitrogens with zero attached hydrogens (tertiary/aromatic N) is 3. The molecular formula is C15H17Cl3N3O2+. The van der Waals surface area contributed by atoms with E-state index in [9.17, 15) is 4.79 Å². The van der Waals surface area contributed by atoms with Gasteiger partial charge in [0.1, 0.15) is 12.9 Å². The Bertz CT molecular complexity index is 639. The van der Waals surface area contributed by atoms with Crippen LogP contribution in [0, 0.1) is 11.6 Å². The van der Waals surface area contributed by atoms with Crippen molar-refractivity contribution >= 4 is 29.2 Å². The van der Waals surface area contributed by atoms with E-state index in [4.69, 9.17) is 39.5 Å². The summed E-state index contributed by atoms with van der Waals surface area (Å²) >= 11 is 17.2. The van der Waals surface area contributed by atoms with Crippen LogP contribution in [-0.2, 0) is 0 Å². The lowest BCUT2D eigenvalue weighted by atomic mass is 10.3. The fraction of sp³-hybridized carbons (Fsp3) is 0.333. The van der Waals surface area contributed by atoms with Gasteiger partial charge in [0, 0.05) is 31.1 Å². The molecule has 1 aromatic carbocycles. The van der Waals surface area contributed by atoms with E-state index in [1.54, 1.807) is 29.4 Å². The molecule has 8 heteroatoms. The Hall–Kier alpha value is -1.43. The second kappa shape index (κ2) is 8.43. The number of carbonyl (C=O) groups excluding carboxylic acids is 1. The number of ether oxygens (including phenoxy) is 1. The first-order valence-electron chi connectivity index (χ1n) is 7.09. The Morgan fingerprint density at radius 3 is 2.61 bits per heavy atom. The highest BCUT2D eigenvalue weighted by Crippen LogP contribution is 2.34. The fourth-order valence-electron chi connectivity index (χ4n) is 2.04. The summed E-state index contributed by atoms with van der Waals surface area (Å²) in [5.74, 6) is 0.383. The first kappa shape index (κ1) is 17.9. The molecule has 0 aliphatic heterocycles. The molecule has 0 aliphatic carbocycles. The molecule has 0 aliphatic rings. The molecule has 0 radical (unpaired) electrons. The van der Waals surface area contributed by atoms with E-state index >= 15 is 0 Å². The van der Waals surface area contributed by atoms with Gasteiger partial charge in [0.2, 0.25) is 5.02 Å². The van der Waals surface area contributed by atoms with Gasteiger partial charge < -0.3 is 9.64 Å². The van der Waals surface area contributed by atoms with Crippen LogP contribution in [0.4, 0.5) is 4.79 Å². The Morgan fingerprint density at radius 2 is 2.04 bits per heavy atom. The summed E-state index contributed by atoms with van der Waals surface area (Å²) in [6.45, 7) is 3.31. The lowest BCUT2D eigenvalue weighted by Crippen LogP contribution is -2.37. The molecule has 23 heavy (non-hydrogen) atoms. The SMILES string of the molecule is CCCN(CCOc1c(Cl)cc([ClH+])cc1Cl)C(=O)n1ccnc1. The Morgan fingerprint density at radius 1 is 1.35 bits per heavy atom. The maximum absolute atomic E-state index is 12.3. The number of amides is 1. The maximum Gasteiger partial charge on any atom is 0.329 e. The molecule has 0 spiro atoms. The van der Waals surface area contributed by atoms with E-state index in [0.29, 0.717) is 33.9 Å². The summed E-state index contributed by atoms with van der Waals surface area (Å²) in [6, 6.07) is 3.07. The van der Waals surface area contributed by atoms with Gasteiger partial charge in [-0.15, -0.1) is 0 Å². The van der Waals surface area contributed by atoms with Crippen molar-refractivity contribution in [1.82, 2.24) is 14.5 Å². The van der Waals surface area contributed by atoms with Gasteiger partial charge in [0.25, 0.3) is 0 Å². The number of carbonyl (C=O) groups is 1. The van der Waals surface area contributed by atoms with Crippen LogP contribution in [0.15, 0.2) is 30.9 Å². The first-order valence-corrected chi connectivity index (χ1v) is 8.25. The summed E-state index contributed by atoms with van der Waals surface area (Å²) < 4.78 is 7.07. The quantitative estimate of drug-likeness (QED) is 0.772. The Balaban J connectivity index is 1.99. The molecule has 0 unspecified atom stereocenters. The summed E-state index contributed by atoms with van der Waals surface area (Å²) in [6.07, 6.45) is 5.49. The molecule has 124 valence electrons. The van der Waals surface area contributed by atoms with Gasteiger partial charge in [-0.05, 0) is 6.42 Å². The van der Waals surface area contributed by atoms with Crippen LogP contribution >= 0.6 is 23.2 Å². The van der Waals surface area contributed by atoms with Gasteiger partial charge >= 0.3 is 6.03 Å². The average molecular weight is 378 g/mol. The molecule has 5 nitrogen and oxygen atoms in total. The molecule has 1 aromatic heterocycles. The van der Waals surface area contributed by atoms with E-state index in [2.05, 4.69) is 4.98 Å². The molecule has 1 heterocycles. The van der Waals surface area contributed by atoms with Crippen molar-refractivity contribution in [1.29, 1.82) is 0 Å². The molecule has 0 bridgehead atoms. The van der Waals surface area contributed by atoms with E-state index < -0.39 is 0 Å². The topological polar surface area (TPSA) is 47.4 Å². The number of rotatable bonds is 6. The van der Waals surface area contributed by atoms with Crippen molar-refractivity contribution in [2.45, 2.75) is 13.3 Å². The third kappa shape index (κ3) is 4.77. The minimum atomic E-state index is -0.147. The number of halogens is 3. The summed E-state index contributed by atoms with van der Waals surface area (Å²) in [5.41, 5.74) is 0. The summed E-state index contributed by atoms with van der Waals surface area (Å²) in [7, 11) is 0. The van der Waals surface area contributed by atoms with Gasteiger partial charge in [0.05, 0.1) is 16.6 Å². The molecule has 1 amide bonds. The highest BCUT2D eigenvalue weighted by atomic mass is 35.5. The minimum absolute atomic E-state index is 0.147. The molecular weight excluding hydrogens is 361 g/mol. The zero-order chi connectivity index (χ0) is 16.8. The molecule has 2 aromatic rings. The number of hydrogen-bond acceptors (Lipinski definition) is 3. The summed E-state index contributed by atoms with van der Waals surface area (Å²) in [4.78, 5) is 17.9. The van der Waals surface area contributed by atoms with Crippen LogP contribution in [0.5, 0.6) is 5.75 Å². The van der Waals surface area contributed by atoms with Gasteiger partial charge in [-0.2, -0.15) is 0 Å². The van der Waals surface area contributed by atoms with Gasteiger partial charge in [-0.25, -0.2) is 9.78 Å². The maximum atomic E-state index is 12.3. The van der Waals surface area contributed by atoms with E-state index in [0.717, 1.165) is 6.42 Å². The van der Waals surface area contributed by atoms with E-state index in [-0.39, 0.29) is 12.6 Å². The Labute approximate surface area is 149 Å². The van der Waals surface area contributed by atoms with Crippen LogP contribution in [0.1, 0.15) is 13.3 Å². The minimum Gasteiger partial charge on any atom is -0.489 e. The van der Waals surface area contributed by atoms with Crippen molar-refractivity contribution < 1.29 is 21.1 Å². The molecule has 2 rings (SSSR count). The van der Waals surface area contributed by atoms with Crippen LogP contribution in [-0.4, -0.2) is 40.2 Å². The third-order valence-electron chi connectivity index (χ3n) is 3.07. The van der Waals surface area contributed by atoms with Crippen molar-refractivity contribution in [3.05, 3.63) is 45.9 Å². The largest absolute Gasteiger partial charge is 0.489 e. The van der Waals surface area contributed by atoms with Crippen LogP contribution < -0.4 is 4.74 Å². The average Bonchev–Trinajstić information content (AvgIpc) is 3.02. The molecule has 0 saturated heterocycles. The highest BCUT2D eigenvalue weighted by molar-refractivity contribution is 6.37. The molecule has 0 atom stereocenters. The summed E-state index contributed by atoms with van der Waals surface area (Å²) in [5, 5.41) is 1.28. The fourth-order valence-corrected chi connectivity index (χ4v) is 3.00. The number of hydrogen-bond donors (Lipinski definition) is 0. The lowest BCUT2D eigenvalue weighted by molar-refractivity contribution is -0.288. The predicted octanol–water partition coefficient (Wildman–Crippen LogP) is 3.65. The van der Waals surface area contributed by atoms with E-state index in [1.807, 2.05) is 6.92 Å². The molecule has 0 saturated carbocycles. The van der Waals surface area contributed by atoms with Crippen molar-refractivity contribution in [2.24, 2.45) is 0 Å². The van der Waals surface area contributed by atoms with Crippen LogP contribution in [0.25, 0.3) is 0 Å². The third-order valence-corrected chi connectivity index (χ3v) is 3.87. The Kier molecular flexibility index (Phi) is 6.57. The number of imidazole rings is 1. The van der Waals surface area contributed by atoms with E-state index in [1.165, 1.54) is 10.9 Å². The van der Waals surface area contributed by atoms with Gasteiger partial charge in [0.15, 0.2) is 17.4 Å². The van der Waals surface area contributed by atoms with Crippen molar-refractivity contribution in [3.63, 3.8) is 0 Å². The second-order valence-electron chi connectivity index (χ2n) is 4.80. The van der Waals surface area contributed by atoms with Crippen molar-refractivity contribution in [2.75, 3.05) is 19.7 Å². The normalized spacial score (nSPS) is 10.6. The van der Waals surface area contributed by atoms with Crippen LogP contribution in [0.3, 0.4) is 0 Å². The second-order valence-corrected chi connectivity index (χ2v) is 6.09. The van der Waals surface area contributed by atoms with Gasteiger partial charge in [-0.1, -0.05) is 30.1 Å². The van der Waals surface area contributed by atoms with Gasteiger partial charge in [-0.3, -0.25) is 4.57 Å². The smallest absolute Gasteiger partial charge is 0.329 e. The zero-order valence-corrected chi connectivity index (χ0v) is 14.9. The van der Waals surface area contributed by atoms with Crippen molar-refractivity contribution in [3.8, 4) is 5.75 Å². The standard InChI is InChI=1S/C15H17Cl3N3O2/c1-2-4-20(15(22)21-5-3-19-10-21)6-7-23-14-12(17)8-11(16)9-13(14)18/h3,5,8-10,16H,2,4,6-7H2,1H3/q+1. The molecule has 0 N–H and O–H groups in total. The molecule has 0 fully saturated rings. The highest BCUT2D eigenvalue weighted by Gasteiger charge is 2.16. The number of aromatic nitrogens is 2. The predicted molar refractivity (Wildman–Crippen MR) is 87.4 cm³/mol. The lowest BCUT2D eigenvalue weighted by Gasteiger charge is -2.22. The first-order chi connectivity index (χ1) is 11.0. The monoisotopic (exact) mass is 376 g/mol.